The molecular weight excluding hydrogens is 174 g/mol. The highest BCUT2D eigenvalue weighted by Gasteiger charge is 2.22. The van der Waals surface area contributed by atoms with Gasteiger partial charge in [0.25, 0.3) is 0 Å². The molecule has 1 heterocycles. The van der Waals surface area contributed by atoms with Crippen LogP contribution < -0.4 is 0 Å². The Labute approximate surface area is 76.1 Å². The molecule has 66 valence electrons. The molecule has 0 amide bonds. The number of ether oxygens (including phenoxy) is 1. The van der Waals surface area contributed by atoms with E-state index in [-0.39, 0.29) is 17.8 Å². The second kappa shape index (κ2) is 5.04. The van der Waals surface area contributed by atoms with Gasteiger partial charge in [0, 0.05) is 0 Å². The molecule has 0 spiro atoms. The fourth-order valence-corrected chi connectivity index (χ4v) is 2.32. The van der Waals surface area contributed by atoms with Gasteiger partial charge in [0.1, 0.15) is 11.3 Å². The zero-order chi connectivity index (χ0) is 8.81. The van der Waals surface area contributed by atoms with E-state index in [9.17, 15) is 4.79 Å². The summed E-state index contributed by atoms with van der Waals surface area (Å²) in [6.07, 6.45) is 3.18. The average molecular weight is 185 g/mol. The molecule has 1 unspecified atom stereocenters. The summed E-state index contributed by atoms with van der Waals surface area (Å²) in [7, 11) is 0. The maximum Gasteiger partial charge on any atom is 0.320 e. The molecule has 0 saturated carbocycles. The first-order valence-electron chi connectivity index (χ1n) is 4.00. The molecule has 0 N–H and O–H groups in total. The molecule has 0 radical (unpaired) electrons. The van der Waals surface area contributed by atoms with Gasteiger partial charge in [-0.1, -0.05) is 6.42 Å². The number of carbonyl (C=O) groups excluding carboxylic acids is 1. The number of nitriles is 1. The standard InChI is InChI=1S/C8H11NO2S/c9-4-5-11-8(10)7-3-1-2-6-12-7/h7H,1-3,5-6H2. The van der Waals surface area contributed by atoms with Crippen molar-refractivity contribution in [1.29, 1.82) is 5.26 Å². The summed E-state index contributed by atoms with van der Waals surface area (Å²) in [5, 5.41) is 8.16. The Kier molecular flexibility index (Phi) is 3.95. The molecule has 1 saturated heterocycles. The number of hydrogen-bond acceptors (Lipinski definition) is 4. The molecule has 0 aromatic rings. The number of nitrogens with zero attached hydrogens (tertiary/aromatic N) is 1. The molecule has 12 heavy (non-hydrogen) atoms. The number of rotatable bonds is 2. The fourth-order valence-electron chi connectivity index (χ4n) is 1.12. The first-order chi connectivity index (χ1) is 5.84. The van der Waals surface area contributed by atoms with Gasteiger partial charge in [-0.15, -0.1) is 11.8 Å². The third kappa shape index (κ3) is 2.74. The lowest BCUT2D eigenvalue weighted by Crippen LogP contribution is -2.23. The fraction of sp³-hybridized carbons (Fsp3) is 0.750. The van der Waals surface area contributed by atoms with Gasteiger partial charge in [-0.25, -0.2) is 0 Å². The van der Waals surface area contributed by atoms with Gasteiger partial charge in [0.15, 0.2) is 6.61 Å². The molecule has 4 heteroatoms. The summed E-state index contributed by atoms with van der Waals surface area (Å²) in [6.45, 7) is -0.115. The summed E-state index contributed by atoms with van der Waals surface area (Å²) < 4.78 is 4.71. The van der Waals surface area contributed by atoms with Crippen LogP contribution in [0.1, 0.15) is 19.3 Å². The van der Waals surface area contributed by atoms with Crippen LogP contribution in [-0.2, 0) is 9.53 Å². The maximum absolute atomic E-state index is 11.2. The summed E-state index contributed by atoms with van der Waals surface area (Å²) in [5.41, 5.74) is 0. The van der Waals surface area contributed by atoms with E-state index >= 15 is 0 Å². The van der Waals surface area contributed by atoms with Crippen LogP contribution in [0.3, 0.4) is 0 Å². The Morgan fingerprint density at radius 3 is 3.08 bits per heavy atom. The van der Waals surface area contributed by atoms with Crippen molar-refractivity contribution >= 4 is 17.7 Å². The minimum Gasteiger partial charge on any atom is -0.449 e. The Balaban J connectivity index is 2.26. The summed E-state index contributed by atoms with van der Waals surface area (Å²) in [4.78, 5) is 11.2. The highest BCUT2D eigenvalue weighted by atomic mass is 32.2. The van der Waals surface area contributed by atoms with E-state index in [1.807, 2.05) is 0 Å². The average Bonchev–Trinajstić information content (AvgIpc) is 2.15. The molecule has 1 rings (SSSR count). The van der Waals surface area contributed by atoms with Crippen LogP contribution in [-0.4, -0.2) is 23.6 Å². The Hall–Kier alpha value is -0.690. The molecule has 1 atom stereocenters. The van der Waals surface area contributed by atoms with Gasteiger partial charge in [-0.05, 0) is 18.6 Å². The summed E-state index contributed by atoms with van der Waals surface area (Å²) >= 11 is 1.64. The first kappa shape index (κ1) is 9.40. The molecule has 0 aromatic heterocycles. The van der Waals surface area contributed by atoms with Crippen molar-refractivity contribution in [2.45, 2.75) is 24.5 Å². The number of hydrogen-bond donors (Lipinski definition) is 0. The topological polar surface area (TPSA) is 50.1 Å². The van der Waals surface area contributed by atoms with E-state index in [4.69, 9.17) is 10.00 Å². The Morgan fingerprint density at radius 1 is 1.67 bits per heavy atom. The quantitative estimate of drug-likeness (QED) is 0.609. The molecule has 0 bridgehead atoms. The molecule has 0 aliphatic carbocycles. The molecule has 1 aliphatic heterocycles. The number of thioether (sulfide) groups is 1. The van der Waals surface area contributed by atoms with Gasteiger partial charge in [0.2, 0.25) is 0 Å². The van der Waals surface area contributed by atoms with E-state index in [1.165, 1.54) is 6.42 Å². The van der Waals surface area contributed by atoms with Crippen LogP contribution in [0.4, 0.5) is 0 Å². The van der Waals surface area contributed by atoms with Crippen molar-refractivity contribution in [2.75, 3.05) is 12.4 Å². The van der Waals surface area contributed by atoms with Crippen molar-refractivity contribution in [1.82, 2.24) is 0 Å². The lowest BCUT2D eigenvalue weighted by molar-refractivity contribution is -0.141. The second-order valence-electron chi connectivity index (χ2n) is 2.62. The number of carbonyl (C=O) groups is 1. The van der Waals surface area contributed by atoms with Crippen molar-refractivity contribution in [2.24, 2.45) is 0 Å². The van der Waals surface area contributed by atoms with Crippen LogP contribution >= 0.6 is 11.8 Å². The Bertz CT molecular complexity index is 194. The van der Waals surface area contributed by atoms with Gasteiger partial charge in [0.05, 0.1) is 0 Å². The molecule has 1 fully saturated rings. The summed E-state index contributed by atoms with van der Waals surface area (Å²) in [5.74, 6) is 0.813. The van der Waals surface area contributed by atoms with Gasteiger partial charge >= 0.3 is 5.97 Å². The van der Waals surface area contributed by atoms with E-state index in [1.54, 1.807) is 17.8 Å². The normalized spacial score (nSPS) is 22.8. The van der Waals surface area contributed by atoms with E-state index in [0.717, 1.165) is 18.6 Å². The molecular formula is C8H11NO2S. The lowest BCUT2D eigenvalue weighted by Gasteiger charge is -2.18. The predicted molar refractivity (Wildman–Crippen MR) is 46.7 cm³/mol. The third-order valence-corrected chi connectivity index (χ3v) is 3.08. The first-order valence-corrected chi connectivity index (χ1v) is 5.04. The smallest absolute Gasteiger partial charge is 0.320 e. The lowest BCUT2D eigenvalue weighted by atomic mass is 10.2. The predicted octanol–water partition coefficient (Wildman–Crippen LogP) is 1.34. The van der Waals surface area contributed by atoms with Crippen LogP contribution in [0, 0.1) is 11.3 Å². The largest absolute Gasteiger partial charge is 0.449 e. The van der Waals surface area contributed by atoms with Crippen molar-refractivity contribution in [3.63, 3.8) is 0 Å². The van der Waals surface area contributed by atoms with E-state index < -0.39 is 0 Å². The third-order valence-electron chi connectivity index (χ3n) is 1.72. The molecule has 3 nitrogen and oxygen atoms in total. The van der Waals surface area contributed by atoms with Gasteiger partial charge < -0.3 is 4.74 Å². The SMILES string of the molecule is N#CCOC(=O)C1CCCCS1. The Morgan fingerprint density at radius 2 is 2.50 bits per heavy atom. The van der Waals surface area contributed by atoms with E-state index in [0.29, 0.717) is 0 Å². The van der Waals surface area contributed by atoms with Gasteiger partial charge in [-0.3, -0.25) is 4.79 Å². The van der Waals surface area contributed by atoms with Crippen LogP contribution in [0.25, 0.3) is 0 Å². The van der Waals surface area contributed by atoms with Crippen LogP contribution in [0.15, 0.2) is 0 Å². The van der Waals surface area contributed by atoms with Crippen molar-refractivity contribution in [3.05, 3.63) is 0 Å². The van der Waals surface area contributed by atoms with E-state index in [2.05, 4.69) is 0 Å². The zero-order valence-corrected chi connectivity index (χ0v) is 7.60. The highest BCUT2D eigenvalue weighted by molar-refractivity contribution is 8.00. The minimum atomic E-state index is -0.221. The summed E-state index contributed by atoms with van der Waals surface area (Å²) in [6, 6.07) is 1.79. The molecule has 1 aliphatic rings. The van der Waals surface area contributed by atoms with Crippen LogP contribution in [0.5, 0.6) is 0 Å². The van der Waals surface area contributed by atoms with Gasteiger partial charge in [-0.2, -0.15) is 5.26 Å². The minimum absolute atomic E-state index is 0.0212. The number of esters is 1. The zero-order valence-electron chi connectivity index (χ0n) is 6.78. The van der Waals surface area contributed by atoms with Crippen molar-refractivity contribution in [3.8, 4) is 6.07 Å². The van der Waals surface area contributed by atoms with Crippen LogP contribution in [0.2, 0.25) is 0 Å². The monoisotopic (exact) mass is 185 g/mol. The molecule has 0 aromatic carbocycles. The second-order valence-corrected chi connectivity index (χ2v) is 3.93. The highest BCUT2D eigenvalue weighted by Crippen LogP contribution is 2.25. The maximum atomic E-state index is 11.2. The van der Waals surface area contributed by atoms with Crippen molar-refractivity contribution < 1.29 is 9.53 Å².